The van der Waals surface area contributed by atoms with Gasteiger partial charge in [-0.15, -0.1) is 0 Å². The minimum Gasteiger partial charge on any atom is -0.380 e. The zero-order chi connectivity index (χ0) is 12.4. The summed E-state index contributed by atoms with van der Waals surface area (Å²) in [6, 6.07) is 10.2. The van der Waals surface area contributed by atoms with Crippen LogP contribution in [-0.2, 0) is 5.75 Å². The second kappa shape index (κ2) is 4.66. The molecule has 0 spiro atoms. The van der Waals surface area contributed by atoms with Gasteiger partial charge in [0.25, 0.3) is 5.16 Å². The summed E-state index contributed by atoms with van der Waals surface area (Å²) in [4.78, 5) is 14.6. The standard InChI is InChI=1S/C12H11N5S/c13-10-9-11(15-7-14-9)17-12(16-10)18-6-8-4-2-1-3-5-8/h1-5,7H,6H2,(H3,13,14,15,16,17)/p+1. The van der Waals surface area contributed by atoms with E-state index in [0.29, 0.717) is 11.0 Å². The van der Waals surface area contributed by atoms with Crippen LogP contribution in [0, 0.1) is 0 Å². The van der Waals surface area contributed by atoms with Crippen LogP contribution in [0.4, 0.5) is 5.82 Å². The molecule has 0 atom stereocenters. The first-order valence-corrected chi connectivity index (χ1v) is 6.50. The highest BCUT2D eigenvalue weighted by atomic mass is 32.2. The van der Waals surface area contributed by atoms with Gasteiger partial charge in [0.15, 0.2) is 12.1 Å². The number of anilines is 1. The van der Waals surface area contributed by atoms with Crippen molar-refractivity contribution < 1.29 is 4.98 Å². The van der Waals surface area contributed by atoms with Gasteiger partial charge in [-0.25, -0.2) is 4.98 Å². The summed E-state index contributed by atoms with van der Waals surface area (Å²) in [5.74, 6) is 1.30. The molecule has 0 saturated heterocycles. The number of H-pyrrole nitrogens is 2. The van der Waals surface area contributed by atoms with Crippen molar-refractivity contribution in [2.24, 2.45) is 0 Å². The molecule has 0 fully saturated rings. The van der Waals surface area contributed by atoms with Crippen molar-refractivity contribution in [3.05, 3.63) is 42.2 Å². The van der Waals surface area contributed by atoms with Crippen molar-refractivity contribution in [2.45, 2.75) is 10.9 Å². The van der Waals surface area contributed by atoms with Gasteiger partial charge in [-0.3, -0.25) is 4.98 Å². The molecule has 3 aromatic rings. The fourth-order valence-corrected chi connectivity index (χ4v) is 2.47. The van der Waals surface area contributed by atoms with Gasteiger partial charge in [0.05, 0.1) is 0 Å². The van der Waals surface area contributed by atoms with E-state index in [-0.39, 0.29) is 0 Å². The van der Waals surface area contributed by atoms with E-state index in [0.717, 1.165) is 16.9 Å². The van der Waals surface area contributed by atoms with Crippen molar-refractivity contribution in [1.82, 2.24) is 15.0 Å². The first kappa shape index (κ1) is 11.0. The molecule has 0 saturated carbocycles. The second-order valence-corrected chi connectivity index (χ2v) is 4.76. The average molecular weight is 258 g/mol. The van der Waals surface area contributed by atoms with Crippen molar-refractivity contribution in [3.63, 3.8) is 0 Å². The molecule has 90 valence electrons. The van der Waals surface area contributed by atoms with Crippen molar-refractivity contribution in [1.29, 1.82) is 0 Å². The van der Waals surface area contributed by atoms with Gasteiger partial charge < -0.3 is 5.73 Å². The number of aromatic nitrogens is 4. The maximum Gasteiger partial charge on any atom is 0.306 e. The molecule has 0 radical (unpaired) electrons. The smallest absolute Gasteiger partial charge is 0.306 e. The normalized spacial score (nSPS) is 10.9. The zero-order valence-corrected chi connectivity index (χ0v) is 10.4. The van der Waals surface area contributed by atoms with Crippen LogP contribution in [-0.4, -0.2) is 15.0 Å². The number of fused-ring (bicyclic) bond motifs is 1. The Morgan fingerprint density at radius 2 is 2.06 bits per heavy atom. The van der Waals surface area contributed by atoms with Crippen LogP contribution in [0.3, 0.4) is 0 Å². The topological polar surface area (TPSA) is 81.7 Å². The molecule has 6 heteroatoms. The van der Waals surface area contributed by atoms with Crippen LogP contribution in [0.5, 0.6) is 0 Å². The van der Waals surface area contributed by atoms with E-state index in [2.05, 4.69) is 32.1 Å². The molecule has 0 unspecified atom stereocenters. The maximum atomic E-state index is 5.85. The first-order chi connectivity index (χ1) is 8.83. The number of hydrogen-bond donors (Lipinski definition) is 2. The van der Waals surface area contributed by atoms with Gasteiger partial charge >= 0.3 is 5.65 Å². The van der Waals surface area contributed by atoms with E-state index >= 15 is 0 Å². The summed E-state index contributed by atoms with van der Waals surface area (Å²) in [7, 11) is 0. The number of nitrogen functional groups attached to an aromatic ring is 1. The molecule has 0 aliphatic carbocycles. The number of benzene rings is 1. The Morgan fingerprint density at radius 1 is 1.22 bits per heavy atom. The Bertz CT molecular complexity index is 665. The Hall–Kier alpha value is -2.08. The van der Waals surface area contributed by atoms with E-state index in [1.807, 2.05) is 18.2 Å². The van der Waals surface area contributed by atoms with Gasteiger partial charge in [-0.1, -0.05) is 47.1 Å². The van der Waals surface area contributed by atoms with Crippen LogP contribution in [0.15, 0.2) is 41.8 Å². The molecule has 2 heterocycles. The quantitative estimate of drug-likeness (QED) is 0.553. The SMILES string of the molecule is Nc1nc(SCc2ccccc2)nc2[nH+]c[nH]c12. The number of rotatable bonds is 3. The van der Waals surface area contributed by atoms with E-state index < -0.39 is 0 Å². The fraction of sp³-hybridized carbons (Fsp3) is 0.0833. The molecule has 3 rings (SSSR count). The van der Waals surface area contributed by atoms with E-state index in [1.54, 1.807) is 18.1 Å². The fourth-order valence-electron chi connectivity index (χ4n) is 1.67. The number of thioether (sulfide) groups is 1. The third-order valence-electron chi connectivity index (χ3n) is 2.55. The van der Waals surface area contributed by atoms with Crippen molar-refractivity contribution in [2.75, 3.05) is 5.73 Å². The van der Waals surface area contributed by atoms with E-state index in [4.69, 9.17) is 5.73 Å². The molecule has 0 aliphatic heterocycles. The molecule has 0 amide bonds. The van der Waals surface area contributed by atoms with E-state index in [1.165, 1.54) is 5.56 Å². The highest BCUT2D eigenvalue weighted by Crippen LogP contribution is 2.22. The number of nitrogens with two attached hydrogens (primary N) is 1. The predicted octanol–water partition coefficient (Wildman–Crippen LogP) is 1.65. The summed E-state index contributed by atoms with van der Waals surface area (Å²) < 4.78 is 0. The summed E-state index contributed by atoms with van der Waals surface area (Å²) in [5.41, 5.74) is 8.58. The van der Waals surface area contributed by atoms with Crippen LogP contribution in [0.2, 0.25) is 0 Å². The maximum absolute atomic E-state index is 5.85. The largest absolute Gasteiger partial charge is 0.380 e. The van der Waals surface area contributed by atoms with Crippen molar-refractivity contribution in [3.8, 4) is 0 Å². The lowest BCUT2D eigenvalue weighted by molar-refractivity contribution is -0.347. The minimum atomic E-state index is 0.469. The monoisotopic (exact) mass is 258 g/mol. The lowest BCUT2D eigenvalue weighted by atomic mass is 10.2. The van der Waals surface area contributed by atoms with Crippen LogP contribution < -0.4 is 10.7 Å². The Balaban J connectivity index is 1.82. The molecule has 0 bridgehead atoms. The number of nitrogens with one attached hydrogen (secondary N) is 2. The molecular weight excluding hydrogens is 246 g/mol. The lowest BCUT2D eigenvalue weighted by Crippen LogP contribution is -2.02. The summed E-state index contributed by atoms with van der Waals surface area (Å²) in [5, 5.41) is 0.680. The second-order valence-electron chi connectivity index (χ2n) is 3.82. The lowest BCUT2D eigenvalue weighted by Gasteiger charge is -1.98. The summed E-state index contributed by atoms with van der Waals surface area (Å²) in [6.45, 7) is 0. The molecular formula is C12H12N5S+. The van der Waals surface area contributed by atoms with Gasteiger partial charge in [-0.2, -0.15) is 4.98 Å². The molecule has 4 N–H and O–H groups in total. The highest BCUT2D eigenvalue weighted by molar-refractivity contribution is 7.98. The number of nitrogens with zero attached hydrogens (tertiary/aromatic N) is 2. The van der Waals surface area contributed by atoms with Crippen LogP contribution in [0.25, 0.3) is 11.2 Å². The van der Waals surface area contributed by atoms with E-state index in [9.17, 15) is 0 Å². The minimum absolute atomic E-state index is 0.469. The molecule has 2 aromatic heterocycles. The Morgan fingerprint density at radius 3 is 2.89 bits per heavy atom. The van der Waals surface area contributed by atoms with Gasteiger partial charge in [0, 0.05) is 5.75 Å². The van der Waals surface area contributed by atoms with Crippen LogP contribution >= 0.6 is 11.8 Å². The summed E-state index contributed by atoms with van der Waals surface area (Å²) >= 11 is 1.57. The molecule has 18 heavy (non-hydrogen) atoms. The van der Waals surface area contributed by atoms with Gasteiger partial charge in [0.1, 0.15) is 0 Å². The molecule has 0 aliphatic rings. The third kappa shape index (κ3) is 2.14. The summed E-state index contributed by atoms with van der Waals surface area (Å²) in [6.07, 6.45) is 1.70. The molecule has 1 aromatic carbocycles. The van der Waals surface area contributed by atoms with Crippen molar-refractivity contribution >= 4 is 28.7 Å². The van der Waals surface area contributed by atoms with Gasteiger partial charge in [0.2, 0.25) is 5.52 Å². The number of aromatic amines is 2. The number of hydrogen-bond acceptors (Lipinski definition) is 4. The van der Waals surface area contributed by atoms with Crippen LogP contribution in [0.1, 0.15) is 5.56 Å². The Kier molecular flexibility index (Phi) is 2.85. The molecule has 5 nitrogen and oxygen atoms in total. The number of imidazole rings is 1. The first-order valence-electron chi connectivity index (χ1n) is 5.52. The third-order valence-corrected chi connectivity index (χ3v) is 3.47. The predicted molar refractivity (Wildman–Crippen MR) is 70.9 cm³/mol. The highest BCUT2D eigenvalue weighted by Gasteiger charge is 2.13. The van der Waals surface area contributed by atoms with Gasteiger partial charge in [-0.05, 0) is 5.56 Å². The average Bonchev–Trinajstić information content (AvgIpc) is 2.86. The zero-order valence-electron chi connectivity index (χ0n) is 9.55. The Labute approximate surface area is 108 Å².